The summed E-state index contributed by atoms with van der Waals surface area (Å²) in [5.41, 5.74) is 1.43. The van der Waals surface area contributed by atoms with Gasteiger partial charge < -0.3 is 15.3 Å². The van der Waals surface area contributed by atoms with Gasteiger partial charge in [-0.1, -0.05) is 41.9 Å². The van der Waals surface area contributed by atoms with E-state index in [0.29, 0.717) is 42.9 Å². The molecule has 3 rings (SSSR count). The first-order chi connectivity index (χ1) is 13.0. The lowest BCUT2D eigenvalue weighted by atomic mass is 10.0. The highest BCUT2D eigenvalue weighted by Gasteiger charge is 2.29. The number of nitrogens with zero attached hydrogens (tertiary/aromatic N) is 1. The molecular formula is C21H23ClN2O3. The van der Waals surface area contributed by atoms with Gasteiger partial charge >= 0.3 is 0 Å². The molecular weight excluding hydrogens is 364 g/mol. The van der Waals surface area contributed by atoms with Crippen LogP contribution in [0.25, 0.3) is 0 Å². The van der Waals surface area contributed by atoms with Crippen LogP contribution in [0.15, 0.2) is 54.6 Å². The molecule has 2 N–H and O–H groups in total. The van der Waals surface area contributed by atoms with Gasteiger partial charge in [-0.05, 0) is 42.7 Å². The SMILES string of the molecule is O=C(NC(Cc1ccccc1)C(=O)N1CCC(O)CC1)c1ccc(Cl)cc1. The number of hydrogen-bond donors (Lipinski definition) is 2. The summed E-state index contributed by atoms with van der Waals surface area (Å²) in [4.78, 5) is 27.4. The van der Waals surface area contributed by atoms with Gasteiger partial charge in [0.1, 0.15) is 6.04 Å². The number of aliphatic hydroxyl groups excluding tert-OH is 1. The summed E-state index contributed by atoms with van der Waals surface area (Å²) in [6, 6.07) is 15.5. The number of likely N-dealkylation sites (tertiary alicyclic amines) is 1. The first-order valence-electron chi connectivity index (χ1n) is 9.10. The number of aliphatic hydroxyl groups is 1. The van der Waals surface area contributed by atoms with Crippen molar-refractivity contribution < 1.29 is 14.7 Å². The van der Waals surface area contributed by atoms with Crippen LogP contribution in [0.1, 0.15) is 28.8 Å². The molecule has 1 aliphatic rings. The van der Waals surface area contributed by atoms with E-state index >= 15 is 0 Å². The van der Waals surface area contributed by atoms with Crippen LogP contribution in [0.4, 0.5) is 0 Å². The third kappa shape index (κ3) is 5.31. The average Bonchev–Trinajstić information content (AvgIpc) is 2.69. The molecule has 0 radical (unpaired) electrons. The van der Waals surface area contributed by atoms with E-state index in [2.05, 4.69) is 5.32 Å². The Morgan fingerprint density at radius 3 is 2.33 bits per heavy atom. The highest BCUT2D eigenvalue weighted by molar-refractivity contribution is 6.30. The number of piperidine rings is 1. The molecule has 1 heterocycles. The molecule has 1 aliphatic heterocycles. The van der Waals surface area contributed by atoms with Gasteiger partial charge in [-0.2, -0.15) is 0 Å². The van der Waals surface area contributed by atoms with Crippen molar-refractivity contribution in [2.75, 3.05) is 13.1 Å². The molecule has 27 heavy (non-hydrogen) atoms. The normalized spacial score (nSPS) is 16.0. The summed E-state index contributed by atoms with van der Waals surface area (Å²) in [6.45, 7) is 1.00. The molecule has 1 unspecified atom stereocenters. The van der Waals surface area contributed by atoms with Gasteiger partial charge in [0.15, 0.2) is 0 Å². The summed E-state index contributed by atoms with van der Waals surface area (Å²) in [7, 11) is 0. The molecule has 0 spiro atoms. The van der Waals surface area contributed by atoms with E-state index in [1.807, 2.05) is 30.3 Å². The summed E-state index contributed by atoms with van der Waals surface area (Å²) in [5.74, 6) is -0.425. The zero-order chi connectivity index (χ0) is 19.2. The maximum Gasteiger partial charge on any atom is 0.251 e. The number of halogens is 1. The highest BCUT2D eigenvalue weighted by atomic mass is 35.5. The smallest absolute Gasteiger partial charge is 0.251 e. The molecule has 2 aromatic carbocycles. The minimum absolute atomic E-state index is 0.118. The van der Waals surface area contributed by atoms with E-state index in [1.165, 1.54) is 0 Å². The van der Waals surface area contributed by atoms with Gasteiger partial charge in [0.25, 0.3) is 5.91 Å². The summed E-state index contributed by atoms with van der Waals surface area (Å²) in [5, 5.41) is 13.1. The molecule has 0 saturated carbocycles. The second kappa shape index (κ2) is 9.02. The van der Waals surface area contributed by atoms with Crippen LogP contribution in [-0.4, -0.2) is 47.1 Å². The van der Waals surface area contributed by atoms with Crippen molar-refractivity contribution in [3.8, 4) is 0 Å². The maximum absolute atomic E-state index is 13.0. The predicted molar refractivity (Wildman–Crippen MR) is 105 cm³/mol. The van der Waals surface area contributed by atoms with Gasteiger partial charge in [-0.3, -0.25) is 9.59 Å². The Kier molecular flexibility index (Phi) is 6.48. The Morgan fingerprint density at radius 1 is 1.07 bits per heavy atom. The topological polar surface area (TPSA) is 69.6 Å². The van der Waals surface area contributed by atoms with E-state index < -0.39 is 6.04 Å². The first-order valence-corrected chi connectivity index (χ1v) is 9.48. The van der Waals surface area contributed by atoms with Crippen molar-refractivity contribution in [3.05, 3.63) is 70.7 Å². The van der Waals surface area contributed by atoms with Crippen LogP contribution in [0.3, 0.4) is 0 Å². The van der Waals surface area contributed by atoms with E-state index in [9.17, 15) is 14.7 Å². The molecule has 142 valence electrons. The van der Waals surface area contributed by atoms with E-state index in [1.54, 1.807) is 29.2 Å². The van der Waals surface area contributed by atoms with E-state index in [0.717, 1.165) is 5.56 Å². The molecule has 2 amide bonds. The molecule has 0 aromatic heterocycles. The lowest BCUT2D eigenvalue weighted by Crippen LogP contribution is -2.52. The largest absolute Gasteiger partial charge is 0.393 e. The first kappa shape index (κ1) is 19.4. The lowest BCUT2D eigenvalue weighted by molar-refractivity contribution is -0.135. The van der Waals surface area contributed by atoms with Crippen molar-refractivity contribution in [3.63, 3.8) is 0 Å². The standard InChI is InChI=1S/C21H23ClN2O3/c22-17-8-6-16(7-9-17)20(26)23-19(14-15-4-2-1-3-5-15)21(27)24-12-10-18(25)11-13-24/h1-9,18-19,25H,10-14H2,(H,23,26). The number of benzene rings is 2. The Morgan fingerprint density at radius 2 is 1.70 bits per heavy atom. The fraction of sp³-hybridized carbons (Fsp3) is 0.333. The zero-order valence-electron chi connectivity index (χ0n) is 15.0. The molecule has 5 nitrogen and oxygen atoms in total. The fourth-order valence-corrected chi connectivity index (χ4v) is 3.33. The van der Waals surface area contributed by atoms with Crippen molar-refractivity contribution in [2.45, 2.75) is 31.4 Å². The van der Waals surface area contributed by atoms with Crippen LogP contribution in [0.2, 0.25) is 5.02 Å². The van der Waals surface area contributed by atoms with Crippen molar-refractivity contribution in [1.29, 1.82) is 0 Å². The molecule has 1 saturated heterocycles. The van der Waals surface area contributed by atoms with Gasteiger partial charge in [0, 0.05) is 30.1 Å². The van der Waals surface area contributed by atoms with Crippen LogP contribution in [-0.2, 0) is 11.2 Å². The number of carbonyl (C=O) groups excluding carboxylic acids is 2. The summed E-state index contributed by atoms with van der Waals surface area (Å²) < 4.78 is 0. The number of rotatable bonds is 5. The minimum atomic E-state index is -0.661. The molecule has 2 aromatic rings. The lowest BCUT2D eigenvalue weighted by Gasteiger charge is -2.32. The van der Waals surface area contributed by atoms with Crippen LogP contribution in [0.5, 0.6) is 0 Å². The van der Waals surface area contributed by atoms with E-state index in [-0.39, 0.29) is 17.9 Å². The summed E-state index contributed by atoms with van der Waals surface area (Å²) in [6.07, 6.45) is 1.19. The molecule has 1 fully saturated rings. The van der Waals surface area contributed by atoms with E-state index in [4.69, 9.17) is 11.6 Å². The summed E-state index contributed by atoms with van der Waals surface area (Å²) >= 11 is 5.88. The third-order valence-electron chi connectivity index (χ3n) is 4.77. The van der Waals surface area contributed by atoms with Gasteiger partial charge in [-0.25, -0.2) is 0 Å². The zero-order valence-corrected chi connectivity index (χ0v) is 15.7. The second-order valence-electron chi connectivity index (χ2n) is 6.78. The highest BCUT2D eigenvalue weighted by Crippen LogP contribution is 2.15. The fourth-order valence-electron chi connectivity index (χ4n) is 3.20. The Balaban J connectivity index is 1.75. The van der Waals surface area contributed by atoms with Crippen LogP contribution < -0.4 is 5.32 Å². The van der Waals surface area contributed by atoms with Crippen molar-refractivity contribution in [1.82, 2.24) is 10.2 Å². The van der Waals surface area contributed by atoms with Crippen molar-refractivity contribution in [2.24, 2.45) is 0 Å². The van der Waals surface area contributed by atoms with Crippen LogP contribution in [0, 0.1) is 0 Å². The second-order valence-corrected chi connectivity index (χ2v) is 7.22. The number of carbonyl (C=O) groups is 2. The maximum atomic E-state index is 13.0. The molecule has 6 heteroatoms. The Hall–Kier alpha value is -2.37. The van der Waals surface area contributed by atoms with Crippen molar-refractivity contribution >= 4 is 23.4 Å². The quantitative estimate of drug-likeness (QED) is 0.830. The molecule has 0 bridgehead atoms. The predicted octanol–water partition coefficient (Wildman–Crippen LogP) is 2.66. The molecule has 0 aliphatic carbocycles. The monoisotopic (exact) mass is 386 g/mol. The number of amides is 2. The average molecular weight is 387 g/mol. The van der Waals surface area contributed by atoms with Gasteiger partial charge in [-0.15, -0.1) is 0 Å². The third-order valence-corrected chi connectivity index (χ3v) is 5.02. The van der Waals surface area contributed by atoms with Crippen LogP contribution >= 0.6 is 11.6 Å². The van der Waals surface area contributed by atoms with Gasteiger partial charge in [0.2, 0.25) is 5.91 Å². The number of nitrogens with one attached hydrogen (secondary N) is 1. The Bertz CT molecular complexity index is 772. The Labute approximate surface area is 163 Å². The number of hydrogen-bond acceptors (Lipinski definition) is 3. The van der Waals surface area contributed by atoms with Gasteiger partial charge in [0.05, 0.1) is 6.10 Å². The minimum Gasteiger partial charge on any atom is -0.393 e. The molecule has 1 atom stereocenters.